The minimum absolute atomic E-state index is 0.0446. The summed E-state index contributed by atoms with van der Waals surface area (Å²) in [4.78, 5) is 35.1. The van der Waals surface area contributed by atoms with E-state index in [0.717, 1.165) is 6.07 Å². The van der Waals surface area contributed by atoms with Crippen molar-refractivity contribution in [1.29, 1.82) is 0 Å². The number of nitro benzene ring substituents is 1. The van der Waals surface area contributed by atoms with Crippen molar-refractivity contribution < 1.29 is 29.1 Å². The van der Waals surface area contributed by atoms with Crippen molar-refractivity contribution in [2.24, 2.45) is 5.73 Å². The van der Waals surface area contributed by atoms with Gasteiger partial charge in [0.1, 0.15) is 5.75 Å². The molecule has 4 N–H and O–H groups in total. The fourth-order valence-electron chi connectivity index (χ4n) is 2.63. The molecule has 1 rings (SSSR count). The van der Waals surface area contributed by atoms with Gasteiger partial charge in [-0.15, -0.1) is 0 Å². The average molecular weight is 438 g/mol. The Morgan fingerprint density at radius 2 is 1.97 bits per heavy atom. The molecule has 11 nitrogen and oxygen atoms in total. The first-order chi connectivity index (χ1) is 14.5. The number of carboxylic acid groups (broad SMARTS) is 1. The highest BCUT2D eigenvalue weighted by molar-refractivity contribution is 5.95. The van der Waals surface area contributed by atoms with Gasteiger partial charge in [0.05, 0.1) is 11.5 Å². The molecule has 0 saturated carbocycles. The number of nitrogens with zero attached hydrogens (tertiary/aromatic N) is 2. The number of hydrogen-bond donors (Lipinski definition) is 3. The molecule has 172 valence electrons. The molecule has 0 atom stereocenters. The summed E-state index contributed by atoms with van der Waals surface area (Å²) in [6.07, 6.45) is 2.80. The summed E-state index contributed by atoms with van der Waals surface area (Å²) in [5.74, 6) is -0.693. The van der Waals surface area contributed by atoms with Crippen LogP contribution in [0.1, 0.15) is 37.6 Å². The molecule has 0 unspecified atom stereocenters. The normalized spacial score (nSPS) is 11.4. The van der Waals surface area contributed by atoms with E-state index in [2.05, 4.69) is 5.32 Å². The molecule has 1 aromatic rings. The smallest absolute Gasteiger partial charge is 0.408 e. The van der Waals surface area contributed by atoms with Gasteiger partial charge < -0.3 is 25.6 Å². The topological polar surface area (TPSA) is 157 Å². The molecule has 2 amide bonds. The lowest BCUT2D eigenvalue weighted by Gasteiger charge is -2.32. The number of amides is 2. The summed E-state index contributed by atoms with van der Waals surface area (Å²) in [5, 5.41) is 23.8. The zero-order valence-corrected chi connectivity index (χ0v) is 18.2. The van der Waals surface area contributed by atoms with Crippen LogP contribution in [-0.4, -0.2) is 65.9 Å². The van der Waals surface area contributed by atoms with Gasteiger partial charge in [-0.25, -0.2) is 4.79 Å². The van der Waals surface area contributed by atoms with Crippen molar-refractivity contribution in [1.82, 2.24) is 4.90 Å². The zero-order valence-electron chi connectivity index (χ0n) is 18.2. The molecular formula is C20H30N4O7. The number of primary amides is 1. The molecule has 0 spiro atoms. The number of methoxy groups -OCH3 is 1. The molecule has 0 aliphatic heterocycles. The molecule has 0 fully saturated rings. The standard InChI is InChI=1S/C20H30N4O7/c1-20(2,3)23(19(26)27)9-6-5-8-22-17-15(24(28)29)12-14(18(21)25)13-16(17)31-11-7-10-30-4/h5-6,12-13,22H,7-11H2,1-4H3,(H2,21,25)(H,26,27)/b6-5+. The van der Waals surface area contributed by atoms with Gasteiger partial charge in [-0.05, 0) is 26.8 Å². The van der Waals surface area contributed by atoms with Crippen LogP contribution in [0, 0.1) is 10.1 Å². The molecule has 0 bridgehead atoms. The second-order valence-electron chi connectivity index (χ2n) is 7.60. The number of ether oxygens (including phenoxy) is 2. The minimum atomic E-state index is -1.05. The Labute approximate surface area is 180 Å². The van der Waals surface area contributed by atoms with Crippen LogP contribution in [0.25, 0.3) is 0 Å². The number of nitro groups is 1. The summed E-state index contributed by atoms with van der Waals surface area (Å²) in [6.45, 7) is 6.33. The predicted octanol–water partition coefficient (Wildman–Crippen LogP) is 2.86. The number of nitrogens with one attached hydrogen (secondary N) is 1. The van der Waals surface area contributed by atoms with E-state index in [0.29, 0.717) is 13.0 Å². The Morgan fingerprint density at radius 1 is 1.29 bits per heavy atom. The second-order valence-corrected chi connectivity index (χ2v) is 7.60. The third-order valence-electron chi connectivity index (χ3n) is 4.20. The molecule has 0 saturated heterocycles. The minimum Gasteiger partial charge on any atom is -0.491 e. The lowest BCUT2D eigenvalue weighted by Crippen LogP contribution is -2.44. The first kappa shape index (κ1) is 25.7. The number of anilines is 1. The fourth-order valence-corrected chi connectivity index (χ4v) is 2.63. The molecule has 31 heavy (non-hydrogen) atoms. The van der Waals surface area contributed by atoms with Crippen LogP contribution < -0.4 is 15.8 Å². The summed E-state index contributed by atoms with van der Waals surface area (Å²) < 4.78 is 10.6. The van der Waals surface area contributed by atoms with Crippen molar-refractivity contribution in [3.63, 3.8) is 0 Å². The molecule has 0 heterocycles. The number of nitrogens with two attached hydrogens (primary N) is 1. The highest BCUT2D eigenvalue weighted by Crippen LogP contribution is 2.36. The van der Waals surface area contributed by atoms with E-state index in [4.69, 9.17) is 15.2 Å². The Kier molecular flexibility index (Phi) is 9.74. The molecule has 11 heteroatoms. The highest BCUT2D eigenvalue weighted by Gasteiger charge is 2.25. The first-order valence-corrected chi connectivity index (χ1v) is 9.62. The first-order valence-electron chi connectivity index (χ1n) is 9.62. The maximum atomic E-state index is 11.6. The molecule has 0 aliphatic carbocycles. The van der Waals surface area contributed by atoms with Gasteiger partial charge >= 0.3 is 6.09 Å². The average Bonchev–Trinajstić information content (AvgIpc) is 2.66. The van der Waals surface area contributed by atoms with Crippen LogP contribution in [0.5, 0.6) is 5.75 Å². The lowest BCUT2D eigenvalue weighted by molar-refractivity contribution is -0.384. The van der Waals surface area contributed by atoms with Crippen molar-refractivity contribution in [2.75, 3.05) is 38.7 Å². The van der Waals surface area contributed by atoms with Crippen LogP contribution in [0.2, 0.25) is 0 Å². The van der Waals surface area contributed by atoms with Gasteiger partial charge in [-0.1, -0.05) is 12.2 Å². The lowest BCUT2D eigenvalue weighted by atomic mass is 10.1. The maximum Gasteiger partial charge on any atom is 0.408 e. The third kappa shape index (κ3) is 8.13. The van der Waals surface area contributed by atoms with Gasteiger partial charge in [0.15, 0.2) is 5.69 Å². The van der Waals surface area contributed by atoms with Crippen molar-refractivity contribution >= 4 is 23.4 Å². The van der Waals surface area contributed by atoms with E-state index in [1.807, 2.05) is 0 Å². The highest BCUT2D eigenvalue weighted by atomic mass is 16.6. The van der Waals surface area contributed by atoms with Crippen molar-refractivity contribution in [3.8, 4) is 5.75 Å². The SMILES string of the molecule is COCCCOc1cc(C(N)=O)cc([N+](=O)[O-])c1NC/C=C/CN(C(=O)O)C(C)(C)C. The van der Waals surface area contributed by atoms with Crippen LogP contribution in [0.15, 0.2) is 24.3 Å². The summed E-state index contributed by atoms with van der Waals surface area (Å²) >= 11 is 0. The van der Waals surface area contributed by atoms with Crippen LogP contribution >= 0.6 is 0 Å². The van der Waals surface area contributed by atoms with Crippen LogP contribution in [-0.2, 0) is 4.74 Å². The summed E-state index contributed by atoms with van der Waals surface area (Å²) in [5.41, 5.74) is 4.41. The van der Waals surface area contributed by atoms with E-state index in [1.54, 1.807) is 40.0 Å². The second kappa shape index (κ2) is 11.7. The van der Waals surface area contributed by atoms with Gasteiger partial charge in [-0.3, -0.25) is 19.8 Å². The number of benzene rings is 1. The summed E-state index contributed by atoms with van der Waals surface area (Å²) in [7, 11) is 1.54. The fraction of sp³-hybridized carbons (Fsp3) is 0.500. The van der Waals surface area contributed by atoms with Crippen molar-refractivity contribution in [2.45, 2.75) is 32.7 Å². The monoisotopic (exact) mass is 438 g/mol. The van der Waals surface area contributed by atoms with E-state index in [1.165, 1.54) is 11.0 Å². The van der Waals surface area contributed by atoms with Crippen molar-refractivity contribution in [3.05, 3.63) is 40.0 Å². The van der Waals surface area contributed by atoms with Crippen LogP contribution in [0.3, 0.4) is 0 Å². The Hall–Kier alpha value is -3.34. The molecule has 0 aromatic heterocycles. The Balaban J connectivity index is 3.03. The van der Waals surface area contributed by atoms with E-state index >= 15 is 0 Å². The van der Waals surface area contributed by atoms with E-state index < -0.39 is 22.5 Å². The predicted molar refractivity (Wildman–Crippen MR) is 116 cm³/mol. The van der Waals surface area contributed by atoms with Gasteiger partial charge in [-0.2, -0.15) is 0 Å². The van der Waals surface area contributed by atoms with E-state index in [-0.39, 0.29) is 42.4 Å². The number of carbonyl (C=O) groups is 2. The molecule has 0 aliphatic rings. The Bertz CT molecular complexity index is 818. The van der Waals surface area contributed by atoms with Gasteiger partial charge in [0.2, 0.25) is 5.91 Å². The van der Waals surface area contributed by atoms with Gasteiger partial charge in [0, 0.05) is 50.4 Å². The quantitative estimate of drug-likeness (QED) is 0.194. The number of hydrogen-bond acceptors (Lipinski definition) is 7. The van der Waals surface area contributed by atoms with Gasteiger partial charge in [0.25, 0.3) is 5.69 Å². The zero-order chi connectivity index (χ0) is 23.6. The molecule has 1 aromatic carbocycles. The van der Waals surface area contributed by atoms with E-state index in [9.17, 15) is 24.8 Å². The maximum absolute atomic E-state index is 11.6. The largest absolute Gasteiger partial charge is 0.491 e. The number of carbonyl (C=O) groups excluding carboxylic acids is 1. The molecule has 0 radical (unpaired) electrons. The third-order valence-corrected chi connectivity index (χ3v) is 4.20. The van der Waals surface area contributed by atoms with Crippen LogP contribution in [0.4, 0.5) is 16.2 Å². The Morgan fingerprint density at radius 3 is 2.48 bits per heavy atom. The number of rotatable bonds is 12. The molecular weight excluding hydrogens is 408 g/mol. The summed E-state index contributed by atoms with van der Waals surface area (Å²) in [6, 6.07) is 2.43.